The molecule has 6 heteroatoms. The van der Waals surface area contributed by atoms with Crippen molar-refractivity contribution in [3.8, 4) is 0 Å². The monoisotopic (exact) mass is 314 g/mol. The Morgan fingerprint density at radius 1 is 1.27 bits per heavy atom. The Kier molecular flexibility index (Phi) is 4.37. The SMILES string of the molecule is NCCO/N=C(/c1ccc(Cl)cc1)c1cc2ccncc2[nH]1. The number of aromatic amines is 1. The summed E-state index contributed by atoms with van der Waals surface area (Å²) in [7, 11) is 0. The lowest BCUT2D eigenvalue weighted by Gasteiger charge is -2.05. The molecule has 3 rings (SSSR count). The van der Waals surface area contributed by atoms with E-state index in [4.69, 9.17) is 22.2 Å². The standard InChI is InChI=1S/C16H15ClN4O/c17-13-3-1-11(2-4-13)16(21-22-8-6-18)14-9-12-5-7-19-10-15(12)20-14/h1-5,7,9-10,20H,6,8,18H2/b21-16-. The van der Waals surface area contributed by atoms with Gasteiger partial charge in [-0.3, -0.25) is 4.98 Å². The minimum absolute atomic E-state index is 0.360. The van der Waals surface area contributed by atoms with Gasteiger partial charge < -0.3 is 15.6 Å². The molecule has 0 amide bonds. The molecule has 0 radical (unpaired) electrons. The summed E-state index contributed by atoms with van der Waals surface area (Å²) in [6, 6.07) is 11.4. The van der Waals surface area contributed by atoms with Crippen LogP contribution in [-0.4, -0.2) is 28.8 Å². The second-order valence-corrected chi connectivity index (χ2v) is 5.15. The molecule has 0 bridgehead atoms. The van der Waals surface area contributed by atoms with Crippen LogP contribution in [0.15, 0.2) is 53.9 Å². The number of H-pyrrole nitrogens is 1. The van der Waals surface area contributed by atoms with Crippen LogP contribution in [0.4, 0.5) is 0 Å². The van der Waals surface area contributed by atoms with E-state index in [0.29, 0.717) is 23.9 Å². The first-order valence-electron chi connectivity index (χ1n) is 6.87. The molecule has 1 aromatic carbocycles. The summed E-state index contributed by atoms with van der Waals surface area (Å²) in [5.41, 5.74) is 8.84. The Morgan fingerprint density at radius 2 is 2.09 bits per heavy atom. The van der Waals surface area contributed by atoms with Crippen LogP contribution in [0, 0.1) is 0 Å². The number of benzene rings is 1. The summed E-state index contributed by atoms with van der Waals surface area (Å²) in [6.07, 6.45) is 3.53. The highest BCUT2D eigenvalue weighted by molar-refractivity contribution is 6.30. The van der Waals surface area contributed by atoms with Crippen molar-refractivity contribution in [2.24, 2.45) is 10.9 Å². The number of halogens is 1. The molecular weight excluding hydrogens is 300 g/mol. The zero-order valence-electron chi connectivity index (χ0n) is 11.8. The lowest BCUT2D eigenvalue weighted by molar-refractivity contribution is 0.152. The first-order chi connectivity index (χ1) is 10.8. The van der Waals surface area contributed by atoms with Crippen LogP contribution in [0.5, 0.6) is 0 Å². The normalized spacial score (nSPS) is 11.8. The Labute approximate surface area is 132 Å². The molecule has 2 heterocycles. The third-order valence-corrected chi connectivity index (χ3v) is 3.41. The first-order valence-corrected chi connectivity index (χ1v) is 7.25. The van der Waals surface area contributed by atoms with Gasteiger partial charge in [-0.2, -0.15) is 0 Å². The summed E-state index contributed by atoms with van der Waals surface area (Å²) in [6.45, 7) is 0.771. The average Bonchev–Trinajstić information content (AvgIpc) is 2.96. The molecule has 2 aromatic heterocycles. The highest BCUT2D eigenvalue weighted by Crippen LogP contribution is 2.19. The van der Waals surface area contributed by atoms with Crippen LogP contribution in [0.3, 0.4) is 0 Å². The van der Waals surface area contributed by atoms with E-state index in [-0.39, 0.29) is 0 Å². The van der Waals surface area contributed by atoms with Crippen LogP contribution < -0.4 is 5.73 Å². The molecule has 3 N–H and O–H groups in total. The van der Waals surface area contributed by atoms with E-state index in [2.05, 4.69) is 15.1 Å². The number of pyridine rings is 1. The molecule has 0 fully saturated rings. The summed E-state index contributed by atoms with van der Waals surface area (Å²) >= 11 is 5.95. The van der Waals surface area contributed by atoms with E-state index >= 15 is 0 Å². The van der Waals surface area contributed by atoms with Crippen LogP contribution in [0.25, 0.3) is 10.9 Å². The predicted octanol–water partition coefficient (Wildman–Crippen LogP) is 2.94. The summed E-state index contributed by atoms with van der Waals surface area (Å²) in [5.74, 6) is 0. The average molecular weight is 315 g/mol. The van der Waals surface area contributed by atoms with E-state index in [1.54, 1.807) is 12.4 Å². The lowest BCUT2D eigenvalue weighted by atomic mass is 10.1. The number of rotatable bonds is 5. The second-order valence-electron chi connectivity index (χ2n) is 4.71. The van der Waals surface area contributed by atoms with Gasteiger partial charge in [-0.25, -0.2) is 0 Å². The number of nitrogens with one attached hydrogen (secondary N) is 1. The zero-order valence-corrected chi connectivity index (χ0v) is 12.5. The quantitative estimate of drug-likeness (QED) is 0.432. The minimum Gasteiger partial charge on any atom is -0.394 e. The number of oxime groups is 1. The van der Waals surface area contributed by atoms with Crippen LogP contribution in [0.1, 0.15) is 11.3 Å². The highest BCUT2D eigenvalue weighted by Gasteiger charge is 2.11. The van der Waals surface area contributed by atoms with Crippen molar-refractivity contribution in [3.05, 3.63) is 65.1 Å². The number of hydrogen-bond donors (Lipinski definition) is 2. The van der Waals surface area contributed by atoms with Gasteiger partial charge in [0.25, 0.3) is 0 Å². The van der Waals surface area contributed by atoms with Gasteiger partial charge in [-0.05, 0) is 24.3 Å². The number of hydrogen-bond acceptors (Lipinski definition) is 4. The van der Waals surface area contributed by atoms with Gasteiger partial charge in [-0.15, -0.1) is 0 Å². The zero-order chi connectivity index (χ0) is 15.4. The Balaban J connectivity index is 2.04. The van der Waals surface area contributed by atoms with Crippen molar-refractivity contribution >= 4 is 28.2 Å². The number of nitrogens with two attached hydrogens (primary N) is 1. The lowest BCUT2D eigenvalue weighted by Crippen LogP contribution is -2.09. The molecule has 112 valence electrons. The molecule has 0 atom stereocenters. The predicted molar refractivity (Wildman–Crippen MR) is 88.2 cm³/mol. The molecule has 0 aliphatic rings. The fourth-order valence-corrected chi connectivity index (χ4v) is 2.25. The van der Waals surface area contributed by atoms with E-state index in [1.807, 2.05) is 36.4 Å². The largest absolute Gasteiger partial charge is 0.394 e. The third-order valence-electron chi connectivity index (χ3n) is 3.16. The number of nitrogens with zero attached hydrogens (tertiary/aromatic N) is 2. The molecule has 22 heavy (non-hydrogen) atoms. The van der Waals surface area contributed by atoms with Crippen molar-refractivity contribution in [2.75, 3.05) is 13.2 Å². The van der Waals surface area contributed by atoms with Crippen molar-refractivity contribution in [3.63, 3.8) is 0 Å². The number of aromatic nitrogens is 2. The molecule has 0 spiro atoms. The van der Waals surface area contributed by atoms with Crippen LogP contribution in [0.2, 0.25) is 5.02 Å². The fourth-order valence-electron chi connectivity index (χ4n) is 2.13. The molecule has 5 nitrogen and oxygen atoms in total. The Morgan fingerprint density at radius 3 is 2.82 bits per heavy atom. The van der Waals surface area contributed by atoms with Crippen LogP contribution >= 0.6 is 11.6 Å². The van der Waals surface area contributed by atoms with Gasteiger partial charge in [0.15, 0.2) is 0 Å². The van der Waals surface area contributed by atoms with Crippen LogP contribution in [-0.2, 0) is 4.84 Å². The Bertz CT molecular complexity index is 762. The van der Waals surface area contributed by atoms with Crippen molar-refractivity contribution in [2.45, 2.75) is 0 Å². The number of fused-ring (bicyclic) bond motifs is 1. The van der Waals surface area contributed by atoms with Gasteiger partial charge in [0.05, 0.1) is 17.4 Å². The maximum atomic E-state index is 5.95. The third kappa shape index (κ3) is 3.10. The fraction of sp³-hybridized carbons (Fsp3) is 0.125. The van der Waals surface area contributed by atoms with E-state index in [1.165, 1.54) is 0 Å². The molecule has 0 aliphatic heterocycles. The van der Waals surface area contributed by atoms with Gasteiger partial charge in [0.2, 0.25) is 0 Å². The smallest absolute Gasteiger partial charge is 0.133 e. The second kappa shape index (κ2) is 6.60. The maximum Gasteiger partial charge on any atom is 0.133 e. The summed E-state index contributed by atoms with van der Waals surface area (Å²) < 4.78 is 0. The molecule has 0 aliphatic carbocycles. The molecule has 0 saturated heterocycles. The van der Waals surface area contributed by atoms with Crippen molar-refractivity contribution in [1.29, 1.82) is 0 Å². The van der Waals surface area contributed by atoms with E-state index < -0.39 is 0 Å². The van der Waals surface area contributed by atoms with Crippen molar-refractivity contribution < 1.29 is 4.84 Å². The van der Waals surface area contributed by atoms with Gasteiger partial charge >= 0.3 is 0 Å². The molecule has 0 saturated carbocycles. The molecule has 3 aromatic rings. The first kappa shape index (κ1) is 14.6. The van der Waals surface area contributed by atoms with Gasteiger partial charge in [0, 0.05) is 28.7 Å². The van der Waals surface area contributed by atoms with Crippen molar-refractivity contribution in [1.82, 2.24) is 9.97 Å². The van der Waals surface area contributed by atoms with Gasteiger partial charge in [0.1, 0.15) is 12.3 Å². The Hall–Kier alpha value is -2.37. The molecule has 0 unspecified atom stereocenters. The molecular formula is C16H15ClN4O. The maximum absolute atomic E-state index is 5.95. The summed E-state index contributed by atoms with van der Waals surface area (Å²) in [4.78, 5) is 12.7. The highest BCUT2D eigenvalue weighted by atomic mass is 35.5. The minimum atomic E-state index is 0.360. The van der Waals surface area contributed by atoms with E-state index in [9.17, 15) is 0 Å². The summed E-state index contributed by atoms with van der Waals surface area (Å²) in [5, 5.41) is 5.95. The van der Waals surface area contributed by atoms with Gasteiger partial charge in [-0.1, -0.05) is 28.9 Å². The van der Waals surface area contributed by atoms with E-state index in [0.717, 1.165) is 22.2 Å². The topological polar surface area (TPSA) is 76.3 Å².